The van der Waals surface area contributed by atoms with Crippen molar-refractivity contribution < 1.29 is 13.2 Å². The van der Waals surface area contributed by atoms with Crippen LogP contribution < -0.4 is 5.73 Å². The molecule has 0 atom stereocenters. The quantitative estimate of drug-likeness (QED) is 0.627. The summed E-state index contributed by atoms with van der Waals surface area (Å²) in [6, 6.07) is 0. The SMILES string of the molecule is Nc1n[nH]c(=S)n1CCCCC(F)(F)F. The summed E-state index contributed by atoms with van der Waals surface area (Å²) in [4.78, 5) is 0. The van der Waals surface area contributed by atoms with Crippen molar-refractivity contribution in [3.63, 3.8) is 0 Å². The first kappa shape index (κ1) is 12.0. The minimum atomic E-state index is -4.09. The van der Waals surface area contributed by atoms with Gasteiger partial charge in [-0.2, -0.15) is 13.2 Å². The van der Waals surface area contributed by atoms with Gasteiger partial charge in [0.15, 0.2) is 4.77 Å². The molecular weight excluding hydrogens is 229 g/mol. The minimum Gasteiger partial charge on any atom is -0.368 e. The van der Waals surface area contributed by atoms with Crippen LogP contribution in [0.15, 0.2) is 0 Å². The molecule has 0 unspecified atom stereocenters. The van der Waals surface area contributed by atoms with Crippen LogP contribution in [0.1, 0.15) is 19.3 Å². The van der Waals surface area contributed by atoms with E-state index in [0.717, 1.165) is 0 Å². The fourth-order valence-electron chi connectivity index (χ4n) is 1.14. The Morgan fingerprint density at radius 2 is 2.07 bits per heavy atom. The van der Waals surface area contributed by atoms with Crippen LogP contribution in [0.25, 0.3) is 0 Å². The van der Waals surface area contributed by atoms with Gasteiger partial charge in [-0.3, -0.25) is 4.57 Å². The second-order valence-corrected chi connectivity index (χ2v) is 3.50. The second-order valence-electron chi connectivity index (χ2n) is 3.11. The Morgan fingerprint density at radius 3 is 2.53 bits per heavy atom. The van der Waals surface area contributed by atoms with Crippen LogP contribution in [0.4, 0.5) is 19.1 Å². The smallest absolute Gasteiger partial charge is 0.368 e. The average Bonchev–Trinajstić information content (AvgIpc) is 2.40. The molecule has 1 aromatic heterocycles. The molecule has 0 fully saturated rings. The van der Waals surface area contributed by atoms with E-state index in [-0.39, 0.29) is 12.4 Å². The summed E-state index contributed by atoms with van der Waals surface area (Å²) in [6.45, 7) is 0.358. The molecular formula is C7H11F3N4S. The van der Waals surface area contributed by atoms with Crippen LogP contribution in [0.3, 0.4) is 0 Å². The predicted molar refractivity (Wildman–Crippen MR) is 51.7 cm³/mol. The Hall–Kier alpha value is -1.05. The molecule has 0 bridgehead atoms. The number of nitrogen functional groups attached to an aromatic ring is 1. The van der Waals surface area contributed by atoms with E-state index in [1.54, 1.807) is 0 Å². The van der Waals surface area contributed by atoms with Crippen molar-refractivity contribution in [3.8, 4) is 0 Å². The number of hydrogen-bond acceptors (Lipinski definition) is 3. The van der Waals surface area contributed by atoms with E-state index in [1.165, 1.54) is 4.57 Å². The van der Waals surface area contributed by atoms with Crippen LogP contribution in [0, 0.1) is 4.77 Å². The molecule has 15 heavy (non-hydrogen) atoms. The van der Waals surface area contributed by atoms with Crippen molar-refractivity contribution in [2.75, 3.05) is 5.73 Å². The molecule has 8 heteroatoms. The number of aromatic nitrogens is 3. The number of unbranched alkanes of at least 4 members (excludes halogenated alkanes) is 1. The number of rotatable bonds is 4. The lowest BCUT2D eigenvalue weighted by Crippen LogP contribution is -2.08. The number of anilines is 1. The zero-order valence-electron chi connectivity index (χ0n) is 7.84. The molecule has 0 aromatic carbocycles. The van der Waals surface area contributed by atoms with E-state index in [9.17, 15) is 13.2 Å². The van der Waals surface area contributed by atoms with Crippen molar-refractivity contribution in [1.29, 1.82) is 0 Å². The second kappa shape index (κ2) is 4.65. The van der Waals surface area contributed by atoms with Gasteiger partial charge in [-0.25, -0.2) is 5.10 Å². The van der Waals surface area contributed by atoms with Crippen LogP contribution >= 0.6 is 12.2 Å². The molecule has 1 aromatic rings. The molecule has 0 amide bonds. The lowest BCUT2D eigenvalue weighted by molar-refractivity contribution is -0.135. The standard InChI is InChI=1S/C7H11F3N4S/c8-7(9,10)3-1-2-4-14-5(11)12-13-6(14)15/h1-4H2,(H2,11,12)(H,13,15). The number of halogens is 3. The van der Waals surface area contributed by atoms with Crippen LogP contribution in [-0.4, -0.2) is 20.9 Å². The van der Waals surface area contributed by atoms with Gasteiger partial charge in [0.05, 0.1) is 0 Å². The highest BCUT2D eigenvalue weighted by molar-refractivity contribution is 7.71. The largest absolute Gasteiger partial charge is 0.389 e. The van der Waals surface area contributed by atoms with Crippen LogP contribution in [-0.2, 0) is 6.54 Å². The normalized spacial score (nSPS) is 11.9. The number of hydrogen-bond donors (Lipinski definition) is 2. The highest BCUT2D eigenvalue weighted by Crippen LogP contribution is 2.22. The third kappa shape index (κ3) is 3.90. The number of aromatic amines is 1. The maximum atomic E-state index is 11.8. The third-order valence-corrected chi connectivity index (χ3v) is 2.19. The number of nitrogens with zero attached hydrogens (tertiary/aromatic N) is 2. The predicted octanol–water partition coefficient (Wildman–Crippen LogP) is 2.26. The van der Waals surface area contributed by atoms with E-state index in [1.807, 2.05) is 0 Å². The Balaban J connectivity index is 2.36. The molecule has 3 N–H and O–H groups in total. The molecule has 1 heterocycles. The van der Waals surface area contributed by atoms with E-state index in [0.29, 0.717) is 17.7 Å². The summed E-state index contributed by atoms with van der Waals surface area (Å²) in [6.07, 6.45) is -4.44. The first-order valence-corrected chi connectivity index (χ1v) is 4.78. The fourth-order valence-corrected chi connectivity index (χ4v) is 1.37. The topological polar surface area (TPSA) is 59.6 Å². The summed E-state index contributed by atoms with van der Waals surface area (Å²) in [5.74, 6) is 0.201. The van der Waals surface area contributed by atoms with Crippen molar-refractivity contribution in [2.24, 2.45) is 0 Å². The molecule has 4 nitrogen and oxygen atoms in total. The summed E-state index contributed by atoms with van der Waals surface area (Å²) < 4.78 is 37.2. The van der Waals surface area contributed by atoms with Crippen molar-refractivity contribution in [1.82, 2.24) is 14.8 Å². The highest BCUT2D eigenvalue weighted by atomic mass is 32.1. The molecule has 0 aliphatic carbocycles. The van der Waals surface area contributed by atoms with E-state index >= 15 is 0 Å². The Morgan fingerprint density at radius 1 is 1.40 bits per heavy atom. The highest BCUT2D eigenvalue weighted by Gasteiger charge is 2.25. The van der Waals surface area contributed by atoms with E-state index < -0.39 is 12.6 Å². The molecule has 0 saturated carbocycles. The van der Waals surface area contributed by atoms with Gasteiger partial charge in [-0.05, 0) is 25.1 Å². The third-order valence-electron chi connectivity index (χ3n) is 1.88. The zero-order chi connectivity index (χ0) is 11.5. The lowest BCUT2D eigenvalue weighted by Gasteiger charge is -2.06. The number of H-pyrrole nitrogens is 1. The van der Waals surface area contributed by atoms with Crippen LogP contribution in [0.2, 0.25) is 0 Å². The molecule has 0 aliphatic heterocycles. The van der Waals surface area contributed by atoms with Crippen molar-refractivity contribution in [3.05, 3.63) is 4.77 Å². The maximum Gasteiger partial charge on any atom is 0.389 e. The maximum absolute atomic E-state index is 11.8. The Bertz CT molecular complexity index is 367. The van der Waals surface area contributed by atoms with Gasteiger partial charge < -0.3 is 5.73 Å². The summed E-state index contributed by atoms with van der Waals surface area (Å²) in [7, 11) is 0. The van der Waals surface area contributed by atoms with Gasteiger partial charge in [-0.1, -0.05) is 0 Å². The molecule has 86 valence electrons. The molecule has 0 spiro atoms. The van der Waals surface area contributed by atoms with E-state index in [2.05, 4.69) is 10.2 Å². The Labute approximate surface area is 89.3 Å². The number of alkyl halides is 3. The number of nitrogens with two attached hydrogens (primary N) is 1. The first-order chi connectivity index (χ1) is 6.90. The van der Waals surface area contributed by atoms with Gasteiger partial charge in [0.25, 0.3) is 0 Å². The van der Waals surface area contributed by atoms with Crippen LogP contribution in [0.5, 0.6) is 0 Å². The lowest BCUT2D eigenvalue weighted by atomic mass is 10.2. The monoisotopic (exact) mass is 240 g/mol. The molecule has 0 radical (unpaired) electrons. The summed E-state index contributed by atoms with van der Waals surface area (Å²) in [5.41, 5.74) is 5.44. The summed E-state index contributed by atoms with van der Waals surface area (Å²) >= 11 is 4.84. The fraction of sp³-hybridized carbons (Fsp3) is 0.714. The first-order valence-electron chi connectivity index (χ1n) is 4.37. The van der Waals surface area contributed by atoms with Gasteiger partial charge >= 0.3 is 6.18 Å². The number of nitrogens with one attached hydrogen (secondary N) is 1. The molecule has 1 rings (SSSR count). The zero-order valence-corrected chi connectivity index (χ0v) is 8.66. The molecule has 0 saturated heterocycles. The van der Waals surface area contributed by atoms with Crippen molar-refractivity contribution >= 4 is 18.2 Å². The van der Waals surface area contributed by atoms with Crippen molar-refractivity contribution in [2.45, 2.75) is 32.0 Å². The van der Waals surface area contributed by atoms with Gasteiger partial charge in [0, 0.05) is 13.0 Å². The minimum absolute atomic E-state index is 0.0654. The summed E-state index contributed by atoms with van der Waals surface area (Å²) in [5, 5.41) is 6.11. The average molecular weight is 240 g/mol. The van der Waals surface area contributed by atoms with Gasteiger partial charge in [0.1, 0.15) is 0 Å². The van der Waals surface area contributed by atoms with Gasteiger partial charge in [-0.15, -0.1) is 5.10 Å². The molecule has 0 aliphatic rings. The van der Waals surface area contributed by atoms with E-state index in [4.69, 9.17) is 18.0 Å². The van der Waals surface area contributed by atoms with Gasteiger partial charge in [0.2, 0.25) is 5.95 Å². The Kier molecular flexibility index (Phi) is 3.72.